The molecule has 2 heteroatoms. The van der Waals surface area contributed by atoms with E-state index in [1.165, 1.54) is 37.7 Å². The molecule has 20 heavy (non-hydrogen) atoms. The van der Waals surface area contributed by atoms with Crippen LogP contribution in [0.15, 0.2) is 18.2 Å². The lowest BCUT2D eigenvalue weighted by atomic mass is 9.84. The van der Waals surface area contributed by atoms with Gasteiger partial charge in [0.25, 0.3) is 0 Å². The Morgan fingerprint density at radius 2 is 2.00 bits per heavy atom. The molecule has 1 N–H and O–H groups in total. The van der Waals surface area contributed by atoms with E-state index in [4.69, 9.17) is 4.74 Å². The summed E-state index contributed by atoms with van der Waals surface area (Å²) in [4.78, 5) is 0. The second kappa shape index (κ2) is 6.17. The molecule has 0 spiro atoms. The molecular formula is C18H26O2. The van der Waals surface area contributed by atoms with Crippen molar-refractivity contribution in [2.75, 3.05) is 0 Å². The first-order valence-electron chi connectivity index (χ1n) is 8.26. The smallest absolute Gasteiger partial charge is 0.123 e. The van der Waals surface area contributed by atoms with Gasteiger partial charge >= 0.3 is 0 Å². The molecule has 0 saturated heterocycles. The molecule has 3 atom stereocenters. The highest BCUT2D eigenvalue weighted by atomic mass is 16.5. The second-order valence-electron chi connectivity index (χ2n) is 6.34. The Hall–Kier alpha value is -1.02. The molecule has 110 valence electrons. The van der Waals surface area contributed by atoms with Crippen molar-refractivity contribution in [1.29, 1.82) is 0 Å². The highest BCUT2D eigenvalue weighted by Gasteiger charge is 2.27. The van der Waals surface area contributed by atoms with Gasteiger partial charge in [0, 0.05) is 0 Å². The predicted molar refractivity (Wildman–Crippen MR) is 81.0 cm³/mol. The summed E-state index contributed by atoms with van der Waals surface area (Å²) in [6, 6.07) is 6.19. The summed E-state index contributed by atoms with van der Waals surface area (Å²) in [7, 11) is 0. The van der Waals surface area contributed by atoms with E-state index in [-0.39, 0.29) is 6.10 Å². The Kier molecular flexibility index (Phi) is 4.30. The van der Waals surface area contributed by atoms with Crippen LogP contribution in [0.4, 0.5) is 0 Å². The first-order chi connectivity index (χ1) is 9.79. The molecule has 0 bridgehead atoms. The zero-order chi connectivity index (χ0) is 13.9. The highest BCUT2D eigenvalue weighted by Crippen LogP contribution is 2.37. The number of rotatable bonds is 3. The van der Waals surface area contributed by atoms with Gasteiger partial charge in [-0.2, -0.15) is 0 Å². The average Bonchev–Trinajstić information content (AvgIpc) is 2.49. The van der Waals surface area contributed by atoms with Crippen LogP contribution in [0.2, 0.25) is 0 Å². The first kappa shape index (κ1) is 13.9. The molecule has 0 aromatic heterocycles. The maximum Gasteiger partial charge on any atom is 0.123 e. The number of aliphatic hydroxyl groups excluding tert-OH is 1. The molecule has 1 saturated carbocycles. The van der Waals surface area contributed by atoms with Crippen molar-refractivity contribution >= 4 is 0 Å². The number of aliphatic hydroxyl groups is 1. The minimum atomic E-state index is -0.296. The Bertz CT molecular complexity index is 455. The molecule has 3 unspecified atom stereocenters. The van der Waals surface area contributed by atoms with Crippen molar-refractivity contribution in [2.45, 2.75) is 70.5 Å². The van der Waals surface area contributed by atoms with Crippen LogP contribution in [0.1, 0.15) is 69.1 Å². The monoisotopic (exact) mass is 274 g/mol. The quantitative estimate of drug-likeness (QED) is 0.885. The standard InChI is InChI=1S/C18H26O2/c1-2-13-7-3-4-11-17(13)20-18-12-6-8-14-15(18)9-5-10-16(14)19/h6,8,12-13,16-17,19H,2-5,7,9-11H2,1H3. The number of ether oxygens (including phenoxy) is 1. The van der Waals surface area contributed by atoms with Gasteiger partial charge in [0.15, 0.2) is 0 Å². The third-order valence-electron chi connectivity index (χ3n) is 5.07. The van der Waals surface area contributed by atoms with Crippen LogP contribution < -0.4 is 4.74 Å². The van der Waals surface area contributed by atoms with E-state index in [9.17, 15) is 5.11 Å². The molecular weight excluding hydrogens is 248 g/mol. The normalized spacial score (nSPS) is 29.8. The van der Waals surface area contributed by atoms with Crippen LogP contribution in [0.25, 0.3) is 0 Å². The minimum Gasteiger partial charge on any atom is -0.490 e. The number of hydrogen-bond acceptors (Lipinski definition) is 2. The molecule has 2 aliphatic rings. The molecule has 2 nitrogen and oxygen atoms in total. The fourth-order valence-electron chi connectivity index (χ4n) is 3.86. The Morgan fingerprint density at radius 3 is 2.85 bits per heavy atom. The maximum absolute atomic E-state index is 10.1. The van der Waals surface area contributed by atoms with E-state index in [0.717, 1.165) is 30.6 Å². The van der Waals surface area contributed by atoms with E-state index in [1.807, 2.05) is 6.07 Å². The number of hydrogen-bond donors (Lipinski definition) is 1. The molecule has 0 aliphatic heterocycles. The van der Waals surface area contributed by atoms with Crippen molar-refractivity contribution < 1.29 is 9.84 Å². The van der Waals surface area contributed by atoms with Gasteiger partial charge in [-0.1, -0.05) is 25.5 Å². The fourth-order valence-corrected chi connectivity index (χ4v) is 3.86. The largest absolute Gasteiger partial charge is 0.490 e. The summed E-state index contributed by atoms with van der Waals surface area (Å²) in [5, 5.41) is 10.1. The van der Waals surface area contributed by atoms with E-state index in [2.05, 4.69) is 19.1 Å². The summed E-state index contributed by atoms with van der Waals surface area (Å²) >= 11 is 0. The predicted octanol–water partition coefficient (Wildman–Crippen LogP) is 4.40. The van der Waals surface area contributed by atoms with E-state index < -0.39 is 0 Å². The third kappa shape index (κ3) is 2.71. The summed E-state index contributed by atoms with van der Waals surface area (Å²) in [6.45, 7) is 2.27. The zero-order valence-electron chi connectivity index (χ0n) is 12.5. The van der Waals surface area contributed by atoms with Gasteiger partial charge in [-0.15, -0.1) is 0 Å². The fraction of sp³-hybridized carbons (Fsp3) is 0.667. The van der Waals surface area contributed by atoms with Crippen LogP contribution in [-0.2, 0) is 6.42 Å². The Labute approximate surface area is 122 Å². The Balaban J connectivity index is 1.82. The van der Waals surface area contributed by atoms with Crippen LogP contribution >= 0.6 is 0 Å². The van der Waals surface area contributed by atoms with E-state index in [1.54, 1.807) is 0 Å². The van der Waals surface area contributed by atoms with Crippen molar-refractivity contribution in [3.8, 4) is 5.75 Å². The van der Waals surface area contributed by atoms with Crippen LogP contribution in [0.5, 0.6) is 5.75 Å². The Morgan fingerprint density at radius 1 is 1.15 bits per heavy atom. The first-order valence-corrected chi connectivity index (χ1v) is 8.26. The molecule has 3 rings (SSSR count). The van der Waals surface area contributed by atoms with Crippen molar-refractivity contribution in [3.05, 3.63) is 29.3 Å². The molecule has 1 aromatic carbocycles. The lowest BCUT2D eigenvalue weighted by Gasteiger charge is -2.33. The minimum absolute atomic E-state index is 0.296. The van der Waals surface area contributed by atoms with Crippen molar-refractivity contribution in [3.63, 3.8) is 0 Å². The average molecular weight is 274 g/mol. The summed E-state index contributed by atoms with van der Waals surface area (Å²) in [6.07, 6.45) is 9.42. The third-order valence-corrected chi connectivity index (χ3v) is 5.07. The van der Waals surface area contributed by atoms with E-state index in [0.29, 0.717) is 12.0 Å². The summed E-state index contributed by atoms with van der Waals surface area (Å²) in [5.74, 6) is 1.74. The van der Waals surface area contributed by atoms with Gasteiger partial charge < -0.3 is 9.84 Å². The molecule has 0 heterocycles. The SMILES string of the molecule is CCC1CCCCC1Oc1cccc2c1CCCC2O. The van der Waals surface area contributed by atoms with Gasteiger partial charge in [0.05, 0.1) is 6.10 Å². The van der Waals surface area contributed by atoms with E-state index >= 15 is 0 Å². The molecule has 1 aromatic rings. The summed E-state index contributed by atoms with van der Waals surface area (Å²) in [5.41, 5.74) is 2.35. The van der Waals surface area contributed by atoms with Gasteiger partial charge in [-0.3, -0.25) is 0 Å². The van der Waals surface area contributed by atoms with Crippen molar-refractivity contribution in [2.24, 2.45) is 5.92 Å². The van der Waals surface area contributed by atoms with Crippen LogP contribution in [-0.4, -0.2) is 11.2 Å². The summed E-state index contributed by atoms with van der Waals surface area (Å²) < 4.78 is 6.39. The van der Waals surface area contributed by atoms with Gasteiger partial charge in [-0.05, 0) is 68.1 Å². The maximum atomic E-state index is 10.1. The highest BCUT2D eigenvalue weighted by molar-refractivity contribution is 5.43. The lowest BCUT2D eigenvalue weighted by Crippen LogP contribution is -2.30. The number of benzene rings is 1. The van der Waals surface area contributed by atoms with Crippen LogP contribution in [0, 0.1) is 5.92 Å². The zero-order valence-corrected chi connectivity index (χ0v) is 12.5. The lowest BCUT2D eigenvalue weighted by molar-refractivity contribution is 0.0876. The molecule has 2 aliphatic carbocycles. The molecule has 1 fully saturated rings. The van der Waals surface area contributed by atoms with Crippen LogP contribution in [0.3, 0.4) is 0 Å². The van der Waals surface area contributed by atoms with Gasteiger partial charge in [0.1, 0.15) is 11.9 Å². The number of fused-ring (bicyclic) bond motifs is 1. The van der Waals surface area contributed by atoms with Gasteiger partial charge in [-0.25, -0.2) is 0 Å². The topological polar surface area (TPSA) is 29.5 Å². The molecule has 0 radical (unpaired) electrons. The molecule has 0 amide bonds. The van der Waals surface area contributed by atoms with Gasteiger partial charge in [0.2, 0.25) is 0 Å². The second-order valence-corrected chi connectivity index (χ2v) is 6.34. The van der Waals surface area contributed by atoms with Crippen molar-refractivity contribution in [1.82, 2.24) is 0 Å².